The molecule has 0 unspecified atom stereocenters. The molecule has 0 fully saturated rings. The van der Waals surface area contributed by atoms with Crippen LogP contribution in [0.4, 0.5) is 0 Å². The highest BCUT2D eigenvalue weighted by Crippen LogP contribution is 2.21. The van der Waals surface area contributed by atoms with Gasteiger partial charge in [-0.05, 0) is 37.1 Å². The van der Waals surface area contributed by atoms with Gasteiger partial charge in [-0.25, -0.2) is 0 Å². The van der Waals surface area contributed by atoms with E-state index in [2.05, 4.69) is 15.4 Å². The van der Waals surface area contributed by atoms with Crippen LogP contribution >= 0.6 is 11.6 Å². The zero-order valence-electron chi connectivity index (χ0n) is 11.7. The molecule has 0 aliphatic rings. The first kappa shape index (κ1) is 15.1. The maximum Gasteiger partial charge on any atom is 0.245 e. The molecule has 1 heterocycles. The number of ether oxygens (including phenoxy) is 1. The minimum atomic E-state index is -0.0587. The largest absolute Gasteiger partial charge is 0.471 e. The molecule has 110 valence electrons. The van der Waals surface area contributed by atoms with Crippen LogP contribution in [-0.2, 0) is 6.61 Å². The van der Waals surface area contributed by atoms with Gasteiger partial charge in [0.05, 0.1) is 11.3 Å². The minimum absolute atomic E-state index is 0.0587. The summed E-state index contributed by atoms with van der Waals surface area (Å²) >= 11 is 5.83. The summed E-state index contributed by atoms with van der Waals surface area (Å²) in [5.74, 6) is 0.167. The van der Waals surface area contributed by atoms with E-state index in [1.54, 1.807) is 19.1 Å². The smallest absolute Gasteiger partial charge is 0.245 e. The van der Waals surface area contributed by atoms with Crippen molar-refractivity contribution >= 4 is 17.4 Å². The second-order valence-electron chi connectivity index (χ2n) is 4.49. The summed E-state index contributed by atoms with van der Waals surface area (Å²) in [5, 5.41) is 20.5. The molecule has 6 nitrogen and oxygen atoms in total. The van der Waals surface area contributed by atoms with Crippen LogP contribution < -0.4 is 10.5 Å². The Balaban J connectivity index is 2.27. The Labute approximate surface area is 127 Å². The molecule has 0 saturated heterocycles. The van der Waals surface area contributed by atoms with Crippen molar-refractivity contribution in [3.63, 3.8) is 0 Å². The molecule has 21 heavy (non-hydrogen) atoms. The first-order chi connectivity index (χ1) is 10.0. The monoisotopic (exact) mass is 306 g/mol. The van der Waals surface area contributed by atoms with Crippen molar-refractivity contribution in [3.05, 3.63) is 51.7 Å². The van der Waals surface area contributed by atoms with Gasteiger partial charge in [-0.2, -0.15) is 5.10 Å². The lowest BCUT2D eigenvalue weighted by Gasteiger charge is -2.12. The number of amidine groups is 1. The fourth-order valence-electron chi connectivity index (χ4n) is 1.77. The fraction of sp³-hybridized carbons (Fsp3) is 0.214. The number of benzene rings is 1. The molecule has 0 spiro atoms. The van der Waals surface area contributed by atoms with Crippen molar-refractivity contribution in [2.45, 2.75) is 20.5 Å². The maximum absolute atomic E-state index is 8.89. The fourth-order valence-corrected chi connectivity index (χ4v) is 1.90. The van der Waals surface area contributed by atoms with E-state index in [-0.39, 0.29) is 18.3 Å². The number of hydrogen-bond donors (Lipinski definition) is 2. The third-order valence-corrected chi connectivity index (χ3v) is 3.33. The second-order valence-corrected chi connectivity index (χ2v) is 4.93. The normalized spacial score (nSPS) is 11.5. The van der Waals surface area contributed by atoms with E-state index in [4.69, 9.17) is 27.3 Å². The lowest BCUT2D eigenvalue weighted by molar-refractivity contribution is 0.287. The van der Waals surface area contributed by atoms with Crippen LogP contribution in [0.2, 0.25) is 5.02 Å². The van der Waals surface area contributed by atoms with Gasteiger partial charge >= 0.3 is 0 Å². The predicted octanol–water partition coefficient (Wildman–Crippen LogP) is 2.42. The SMILES string of the molecule is Cc1nnc(OCc2ccc(Cl)cc2)c(C(N)=NO)c1C. The van der Waals surface area contributed by atoms with E-state index < -0.39 is 0 Å². The molecule has 2 aromatic rings. The molecule has 0 saturated carbocycles. The predicted molar refractivity (Wildman–Crippen MR) is 79.8 cm³/mol. The molecule has 0 bridgehead atoms. The van der Waals surface area contributed by atoms with Crippen molar-refractivity contribution in [2.75, 3.05) is 0 Å². The molecule has 0 radical (unpaired) electrons. The number of nitrogens with zero attached hydrogens (tertiary/aromatic N) is 3. The van der Waals surface area contributed by atoms with Crippen LogP contribution in [0.25, 0.3) is 0 Å². The number of halogens is 1. The summed E-state index contributed by atoms with van der Waals surface area (Å²) in [6.45, 7) is 3.88. The van der Waals surface area contributed by atoms with Gasteiger partial charge in [0.2, 0.25) is 5.88 Å². The van der Waals surface area contributed by atoms with Crippen molar-refractivity contribution in [3.8, 4) is 5.88 Å². The van der Waals surface area contributed by atoms with Gasteiger partial charge in [0, 0.05) is 5.02 Å². The first-order valence-electron chi connectivity index (χ1n) is 6.22. The summed E-state index contributed by atoms with van der Waals surface area (Å²) in [7, 11) is 0. The molecule has 1 aromatic carbocycles. The number of aryl methyl sites for hydroxylation is 1. The number of aromatic nitrogens is 2. The van der Waals surface area contributed by atoms with Gasteiger partial charge < -0.3 is 15.7 Å². The summed E-state index contributed by atoms with van der Waals surface area (Å²) in [5.41, 5.74) is 8.50. The standard InChI is InChI=1S/C14H15ClN4O2/c1-8-9(2)17-18-14(12(8)13(16)19-20)21-7-10-3-5-11(15)6-4-10/h3-6,20H,7H2,1-2H3,(H2,16,19). The Bertz CT molecular complexity index is 671. The van der Waals surface area contributed by atoms with Gasteiger partial charge in [-0.15, -0.1) is 5.10 Å². The number of hydrogen-bond acceptors (Lipinski definition) is 5. The third kappa shape index (κ3) is 3.41. The Hall–Kier alpha value is -2.34. The summed E-state index contributed by atoms with van der Waals surface area (Å²) in [4.78, 5) is 0. The van der Waals surface area contributed by atoms with Gasteiger partial charge in [-0.1, -0.05) is 28.9 Å². The topological polar surface area (TPSA) is 93.6 Å². The maximum atomic E-state index is 8.89. The van der Waals surface area contributed by atoms with E-state index in [0.717, 1.165) is 11.1 Å². The first-order valence-corrected chi connectivity index (χ1v) is 6.59. The molecule has 0 atom stereocenters. The van der Waals surface area contributed by atoms with Gasteiger partial charge in [-0.3, -0.25) is 0 Å². The summed E-state index contributed by atoms with van der Waals surface area (Å²) in [6, 6.07) is 7.24. The lowest BCUT2D eigenvalue weighted by atomic mass is 10.1. The Kier molecular flexibility index (Phi) is 4.59. The Morgan fingerprint density at radius 1 is 1.29 bits per heavy atom. The molecule has 3 N–H and O–H groups in total. The third-order valence-electron chi connectivity index (χ3n) is 3.08. The average Bonchev–Trinajstić information content (AvgIpc) is 2.49. The van der Waals surface area contributed by atoms with Crippen LogP contribution in [0.15, 0.2) is 29.4 Å². The van der Waals surface area contributed by atoms with Crippen LogP contribution in [0.5, 0.6) is 5.88 Å². The van der Waals surface area contributed by atoms with E-state index in [0.29, 0.717) is 16.3 Å². The van der Waals surface area contributed by atoms with Crippen LogP contribution in [-0.4, -0.2) is 21.2 Å². The van der Waals surface area contributed by atoms with Crippen LogP contribution in [0, 0.1) is 13.8 Å². The van der Waals surface area contributed by atoms with E-state index >= 15 is 0 Å². The number of nitrogens with two attached hydrogens (primary N) is 1. The van der Waals surface area contributed by atoms with Crippen molar-refractivity contribution in [2.24, 2.45) is 10.9 Å². The Morgan fingerprint density at radius 2 is 1.95 bits per heavy atom. The molecular formula is C14H15ClN4O2. The van der Waals surface area contributed by atoms with Gasteiger partial charge in [0.1, 0.15) is 6.61 Å². The molecule has 0 aliphatic carbocycles. The number of oxime groups is 1. The molecule has 7 heteroatoms. The average molecular weight is 307 g/mol. The Morgan fingerprint density at radius 3 is 2.57 bits per heavy atom. The molecule has 2 rings (SSSR count). The molecule has 0 aliphatic heterocycles. The van der Waals surface area contributed by atoms with Gasteiger partial charge in [0.15, 0.2) is 5.84 Å². The zero-order valence-corrected chi connectivity index (χ0v) is 12.4. The summed E-state index contributed by atoms with van der Waals surface area (Å²) < 4.78 is 5.63. The van der Waals surface area contributed by atoms with Crippen molar-refractivity contribution in [1.29, 1.82) is 0 Å². The van der Waals surface area contributed by atoms with Crippen LogP contribution in [0.3, 0.4) is 0 Å². The van der Waals surface area contributed by atoms with Gasteiger partial charge in [0.25, 0.3) is 0 Å². The highest BCUT2D eigenvalue weighted by Gasteiger charge is 2.16. The van der Waals surface area contributed by atoms with Crippen molar-refractivity contribution < 1.29 is 9.94 Å². The number of rotatable bonds is 4. The van der Waals surface area contributed by atoms with E-state index in [1.807, 2.05) is 19.1 Å². The lowest BCUT2D eigenvalue weighted by Crippen LogP contribution is -2.19. The highest BCUT2D eigenvalue weighted by atomic mass is 35.5. The second kappa shape index (κ2) is 6.41. The minimum Gasteiger partial charge on any atom is -0.471 e. The molecule has 0 amide bonds. The van der Waals surface area contributed by atoms with Crippen molar-refractivity contribution in [1.82, 2.24) is 10.2 Å². The van der Waals surface area contributed by atoms with Crippen LogP contribution in [0.1, 0.15) is 22.4 Å². The van der Waals surface area contributed by atoms with E-state index in [1.165, 1.54) is 0 Å². The zero-order chi connectivity index (χ0) is 15.4. The molecule has 1 aromatic heterocycles. The highest BCUT2D eigenvalue weighted by molar-refractivity contribution is 6.30. The molecular weight excluding hydrogens is 292 g/mol. The van der Waals surface area contributed by atoms with E-state index in [9.17, 15) is 0 Å². The quantitative estimate of drug-likeness (QED) is 0.391. The summed E-state index contributed by atoms with van der Waals surface area (Å²) in [6.07, 6.45) is 0.